The molecule has 1 saturated carbocycles. The monoisotopic (exact) mass is 278 g/mol. The van der Waals surface area contributed by atoms with Crippen LogP contribution in [0.5, 0.6) is 0 Å². The molecule has 1 aromatic carbocycles. The van der Waals surface area contributed by atoms with Gasteiger partial charge in [-0.3, -0.25) is 0 Å². The van der Waals surface area contributed by atoms with Gasteiger partial charge < -0.3 is 10.2 Å². The van der Waals surface area contributed by atoms with Crippen molar-refractivity contribution in [3.8, 4) is 0 Å². The van der Waals surface area contributed by atoms with Gasteiger partial charge in [-0.05, 0) is 56.5 Å². The second-order valence-corrected chi connectivity index (χ2v) is 5.93. The summed E-state index contributed by atoms with van der Waals surface area (Å²) in [6.07, 6.45) is 6.23. The predicted octanol–water partition coefficient (Wildman–Crippen LogP) is 4.27. The van der Waals surface area contributed by atoms with Crippen molar-refractivity contribution in [3.63, 3.8) is 0 Å². The van der Waals surface area contributed by atoms with E-state index in [1.807, 2.05) is 6.07 Å². The van der Waals surface area contributed by atoms with E-state index < -0.39 is 0 Å². The highest BCUT2D eigenvalue weighted by Crippen LogP contribution is 2.32. The van der Waals surface area contributed by atoms with Gasteiger partial charge in [0.2, 0.25) is 0 Å². The second-order valence-electron chi connectivity index (χ2n) is 5.93. The first-order chi connectivity index (χ1) is 9.63. The SMILES string of the molecule is CCCNC(C)c1cc(F)ccc1N(C)C1CCCC1. The number of hydrogen-bond acceptors (Lipinski definition) is 2. The van der Waals surface area contributed by atoms with Crippen LogP contribution in [-0.4, -0.2) is 19.6 Å². The lowest BCUT2D eigenvalue weighted by molar-refractivity contribution is 0.557. The summed E-state index contributed by atoms with van der Waals surface area (Å²) in [5.41, 5.74) is 2.25. The molecule has 0 aliphatic heterocycles. The van der Waals surface area contributed by atoms with Gasteiger partial charge in [0, 0.05) is 24.8 Å². The number of halogens is 1. The van der Waals surface area contributed by atoms with E-state index in [4.69, 9.17) is 0 Å². The molecule has 112 valence electrons. The molecule has 1 atom stereocenters. The zero-order valence-corrected chi connectivity index (χ0v) is 13.0. The van der Waals surface area contributed by atoms with Crippen molar-refractivity contribution in [2.75, 3.05) is 18.5 Å². The predicted molar refractivity (Wildman–Crippen MR) is 83.8 cm³/mol. The summed E-state index contributed by atoms with van der Waals surface area (Å²) in [5, 5.41) is 3.47. The Balaban J connectivity index is 2.22. The lowest BCUT2D eigenvalue weighted by atomic mass is 10.0. The Hall–Kier alpha value is -1.09. The van der Waals surface area contributed by atoms with Gasteiger partial charge in [-0.25, -0.2) is 4.39 Å². The minimum absolute atomic E-state index is 0.145. The zero-order valence-electron chi connectivity index (χ0n) is 13.0. The standard InChI is InChI=1S/C17H27FN2/c1-4-11-19-13(2)16-12-14(18)9-10-17(16)20(3)15-7-5-6-8-15/h9-10,12-13,15,19H,4-8,11H2,1-3H3. The first-order valence-electron chi connectivity index (χ1n) is 7.89. The largest absolute Gasteiger partial charge is 0.371 e. The van der Waals surface area contributed by atoms with E-state index in [9.17, 15) is 4.39 Å². The summed E-state index contributed by atoms with van der Waals surface area (Å²) in [6, 6.07) is 6.00. The topological polar surface area (TPSA) is 15.3 Å². The van der Waals surface area contributed by atoms with Crippen LogP contribution in [0.25, 0.3) is 0 Å². The third-order valence-electron chi connectivity index (χ3n) is 4.41. The maximum absolute atomic E-state index is 13.6. The summed E-state index contributed by atoms with van der Waals surface area (Å²) >= 11 is 0. The average molecular weight is 278 g/mol. The molecule has 3 heteroatoms. The smallest absolute Gasteiger partial charge is 0.123 e. The van der Waals surface area contributed by atoms with Gasteiger partial charge in [0.25, 0.3) is 0 Å². The van der Waals surface area contributed by atoms with Gasteiger partial charge in [-0.1, -0.05) is 19.8 Å². The molecule has 1 aliphatic carbocycles. The minimum atomic E-state index is -0.145. The summed E-state index contributed by atoms with van der Waals surface area (Å²) in [5.74, 6) is -0.145. The van der Waals surface area contributed by atoms with Crippen LogP contribution in [0.2, 0.25) is 0 Å². The minimum Gasteiger partial charge on any atom is -0.371 e. The highest BCUT2D eigenvalue weighted by atomic mass is 19.1. The lowest BCUT2D eigenvalue weighted by Gasteiger charge is -2.30. The van der Waals surface area contributed by atoms with E-state index >= 15 is 0 Å². The molecule has 0 radical (unpaired) electrons. The molecular weight excluding hydrogens is 251 g/mol. The van der Waals surface area contributed by atoms with Crippen molar-refractivity contribution in [1.82, 2.24) is 5.32 Å². The van der Waals surface area contributed by atoms with Crippen LogP contribution < -0.4 is 10.2 Å². The van der Waals surface area contributed by atoms with Gasteiger partial charge >= 0.3 is 0 Å². The van der Waals surface area contributed by atoms with E-state index in [0.29, 0.717) is 6.04 Å². The molecule has 0 aromatic heterocycles. The van der Waals surface area contributed by atoms with Gasteiger partial charge in [0.1, 0.15) is 5.82 Å². The molecule has 0 bridgehead atoms. The summed E-state index contributed by atoms with van der Waals surface area (Å²) in [6.45, 7) is 5.23. The molecule has 2 rings (SSSR count). The van der Waals surface area contributed by atoms with Crippen LogP contribution in [0.4, 0.5) is 10.1 Å². The van der Waals surface area contributed by atoms with Crippen LogP contribution in [0.3, 0.4) is 0 Å². The van der Waals surface area contributed by atoms with Crippen molar-refractivity contribution in [3.05, 3.63) is 29.6 Å². The van der Waals surface area contributed by atoms with Crippen LogP contribution in [0.15, 0.2) is 18.2 Å². The second kappa shape index (κ2) is 7.07. The third kappa shape index (κ3) is 3.51. The van der Waals surface area contributed by atoms with Crippen molar-refractivity contribution in [1.29, 1.82) is 0 Å². The fourth-order valence-corrected chi connectivity index (χ4v) is 3.15. The number of rotatable bonds is 6. The van der Waals surface area contributed by atoms with E-state index in [0.717, 1.165) is 18.5 Å². The maximum Gasteiger partial charge on any atom is 0.123 e. The summed E-state index contributed by atoms with van der Waals surface area (Å²) in [7, 11) is 2.15. The van der Waals surface area contributed by atoms with Crippen LogP contribution in [0.1, 0.15) is 57.6 Å². The first-order valence-corrected chi connectivity index (χ1v) is 7.89. The fourth-order valence-electron chi connectivity index (χ4n) is 3.15. The number of nitrogens with one attached hydrogen (secondary N) is 1. The fraction of sp³-hybridized carbons (Fsp3) is 0.647. The zero-order chi connectivity index (χ0) is 14.5. The molecule has 0 saturated heterocycles. The Kier molecular flexibility index (Phi) is 5.41. The molecule has 0 spiro atoms. The Morgan fingerprint density at radius 3 is 2.70 bits per heavy atom. The Morgan fingerprint density at radius 1 is 1.35 bits per heavy atom. The molecule has 0 amide bonds. The van der Waals surface area contributed by atoms with Crippen molar-refractivity contribution < 1.29 is 4.39 Å². The van der Waals surface area contributed by atoms with Crippen molar-refractivity contribution >= 4 is 5.69 Å². The summed E-state index contributed by atoms with van der Waals surface area (Å²) < 4.78 is 13.6. The molecule has 1 N–H and O–H groups in total. The Morgan fingerprint density at radius 2 is 2.05 bits per heavy atom. The molecule has 2 nitrogen and oxygen atoms in total. The highest BCUT2D eigenvalue weighted by Gasteiger charge is 2.23. The molecule has 20 heavy (non-hydrogen) atoms. The quantitative estimate of drug-likeness (QED) is 0.836. The molecule has 1 unspecified atom stereocenters. The number of benzene rings is 1. The normalized spacial score (nSPS) is 17.4. The van der Waals surface area contributed by atoms with Crippen LogP contribution in [0, 0.1) is 5.82 Å². The number of anilines is 1. The maximum atomic E-state index is 13.6. The average Bonchev–Trinajstić information content (AvgIpc) is 2.98. The van der Waals surface area contributed by atoms with Crippen molar-refractivity contribution in [2.24, 2.45) is 0 Å². The van der Waals surface area contributed by atoms with Gasteiger partial charge in [0.05, 0.1) is 0 Å². The van der Waals surface area contributed by atoms with Gasteiger partial charge in [-0.15, -0.1) is 0 Å². The Labute approximate surface area is 122 Å². The van der Waals surface area contributed by atoms with Crippen molar-refractivity contribution in [2.45, 2.75) is 58.0 Å². The number of nitrogens with zero attached hydrogens (tertiary/aromatic N) is 1. The molecule has 1 aromatic rings. The van der Waals surface area contributed by atoms with E-state index in [1.54, 1.807) is 12.1 Å². The van der Waals surface area contributed by atoms with E-state index in [1.165, 1.54) is 31.4 Å². The van der Waals surface area contributed by atoms with E-state index in [-0.39, 0.29) is 11.9 Å². The summed E-state index contributed by atoms with van der Waals surface area (Å²) in [4.78, 5) is 2.35. The van der Waals surface area contributed by atoms with Crippen LogP contribution in [-0.2, 0) is 0 Å². The number of hydrogen-bond donors (Lipinski definition) is 1. The Bertz CT molecular complexity index is 427. The molecule has 1 fully saturated rings. The van der Waals surface area contributed by atoms with Gasteiger partial charge in [-0.2, -0.15) is 0 Å². The molecule has 1 aliphatic rings. The molecular formula is C17H27FN2. The van der Waals surface area contributed by atoms with Crippen LogP contribution >= 0.6 is 0 Å². The van der Waals surface area contributed by atoms with E-state index in [2.05, 4.69) is 31.1 Å². The third-order valence-corrected chi connectivity index (χ3v) is 4.41. The lowest BCUT2D eigenvalue weighted by Crippen LogP contribution is -2.31. The molecule has 0 heterocycles. The first kappa shape index (κ1) is 15.3. The highest BCUT2D eigenvalue weighted by molar-refractivity contribution is 5.55. The van der Waals surface area contributed by atoms with Gasteiger partial charge in [0.15, 0.2) is 0 Å².